The minimum absolute atomic E-state index is 0.213. The minimum Gasteiger partial charge on any atom is -0.493 e. The highest BCUT2D eigenvalue weighted by Gasteiger charge is 2.30. The second-order valence-electron chi connectivity index (χ2n) is 12.8. The molecule has 3 aromatic carbocycles. The number of benzene rings is 3. The Morgan fingerprint density at radius 2 is 1.56 bits per heavy atom. The molecule has 1 aliphatic heterocycles. The smallest absolute Gasteiger partial charge is 0.123 e. The zero-order chi connectivity index (χ0) is 30.4. The van der Waals surface area contributed by atoms with Crippen molar-refractivity contribution in [3.8, 4) is 16.9 Å². The van der Waals surface area contributed by atoms with Gasteiger partial charge in [0.15, 0.2) is 0 Å². The molecule has 5 rings (SSSR count). The molecule has 4 aromatic rings. The fourth-order valence-corrected chi connectivity index (χ4v) is 6.17. The van der Waals surface area contributed by atoms with Gasteiger partial charge in [-0.3, -0.25) is 9.88 Å². The van der Waals surface area contributed by atoms with E-state index in [9.17, 15) is 4.39 Å². The molecule has 0 spiro atoms. The molecule has 0 atom stereocenters. The summed E-state index contributed by atoms with van der Waals surface area (Å²) in [5.74, 6) is 0.626. The molecule has 43 heavy (non-hydrogen) atoms. The van der Waals surface area contributed by atoms with Crippen LogP contribution in [0.3, 0.4) is 0 Å². The first-order chi connectivity index (χ1) is 20.7. The van der Waals surface area contributed by atoms with E-state index in [1.54, 1.807) is 0 Å². The maximum Gasteiger partial charge on any atom is 0.123 e. The summed E-state index contributed by atoms with van der Waals surface area (Å²) in [6.07, 6.45) is 4.05. The molecule has 1 aromatic heterocycles. The fourth-order valence-electron chi connectivity index (χ4n) is 6.17. The number of pyridine rings is 1. The molecule has 1 aliphatic rings. The lowest BCUT2D eigenvalue weighted by Gasteiger charge is -2.40. The predicted octanol–water partition coefficient (Wildman–Crippen LogP) is 8.64. The van der Waals surface area contributed by atoms with Crippen molar-refractivity contribution in [2.45, 2.75) is 66.5 Å². The van der Waals surface area contributed by atoms with Crippen LogP contribution in [0.2, 0.25) is 0 Å². The number of aryl methyl sites for hydroxylation is 1. The van der Waals surface area contributed by atoms with Crippen molar-refractivity contribution in [3.05, 3.63) is 113 Å². The monoisotopic (exact) mass is 579 g/mol. The number of rotatable bonds is 11. The van der Waals surface area contributed by atoms with E-state index in [0.29, 0.717) is 12.0 Å². The Morgan fingerprint density at radius 1 is 0.884 bits per heavy atom. The molecule has 0 amide bonds. The molecule has 4 nitrogen and oxygen atoms in total. The molecule has 2 heterocycles. The van der Waals surface area contributed by atoms with E-state index in [2.05, 4.69) is 99.1 Å². The second-order valence-corrected chi connectivity index (χ2v) is 12.8. The molecular formula is C38H46FN3O. The first-order valence-electron chi connectivity index (χ1n) is 15.7. The third-order valence-electron chi connectivity index (χ3n) is 8.77. The van der Waals surface area contributed by atoms with Crippen molar-refractivity contribution < 1.29 is 9.13 Å². The lowest BCUT2D eigenvalue weighted by atomic mass is 9.82. The number of hydrogen-bond acceptors (Lipinski definition) is 4. The highest BCUT2D eigenvalue weighted by atomic mass is 19.1. The van der Waals surface area contributed by atoms with E-state index >= 15 is 0 Å². The van der Waals surface area contributed by atoms with Crippen molar-refractivity contribution in [3.63, 3.8) is 0 Å². The van der Waals surface area contributed by atoms with E-state index < -0.39 is 0 Å². The summed E-state index contributed by atoms with van der Waals surface area (Å²) in [5.41, 5.74) is 10.1. The molecule has 0 radical (unpaired) electrons. The van der Waals surface area contributed by atoms with Gasteiger partial charge >= 0.3 is 0 Å². The van der Waals surface area contributed by atoms with Gasteiger partial charge in [0.1, 0.15) is 11.6 Å². The maximum absolute atomic E-state index is 13.3. The van der Waals surface area contributed by atoms with Crippen LogP contribution in [0, 0.1) is 18.2 Å². The highest BCUT2D eigenvalue weighted by molar-refractivity contribution is 5.84. The van der Waals surface area contributed by atoms with Crippen LogP contribution in [-0.2, 0) is 25.9 Å². The summed E-state index contributed by atoms with van der Waals surface area (Å²) < 4.78 is 19.4. The predicted molar refractivity (Wildman–Crippen MR) is 176 cm³/mol. The van der Waals surface area contributed by atoms with E-state index in [1.165, 1.54) is 52.9 Å². The number of anilines is 1. The van der Waals surface area contributed by atoms with Gasteiger partial charge in [-0.2, -0.15) is 0 Å². The van der Waals surface area contributed by atoms with Gasteiger partial charge in [0, 0.05) is 43.9 Å². The van der Waals surface area contributed by atoms with Gasteiger partial charge in [-0.1, -0.05) is 75.4 Å². The molecule has 0 aliphatic carbocycles. The first kappa shape index (κ1) is 30.7. The third kappa shape index (κ3) is 7.83. The molecule has 1 saturated heterocycles. The van der Waals surface area contributed by atoms with Crippen molar-refractivity contribution in [2.75, 3.05) is 31.6 Å². The number of hydrogen-bond donors (Lipinski definition) is 0. The summed E-state index contributed by atoms with van der Waals surface area (Å²) in [6.45, 7) is 13.5. The Kier molecular flexibility index (Phi) is 9.82. The summed E-state index contributed by atoms with van der Waals surface area (Å²) in [7, 11) is 2.18. The minimum atomic E-state index is -0.213. The van der Waals surface area contributed by atoms with Crippen LogP contribution in [0.4, 0.5) is 10.1 Å². The number of halogens is 1. The summed E-state index contributed by atoms with van der Waals surface area (Å²) >= 11 is 0. The van der Waals surface area contributed by atoms with Crippen LogP contribution in [0.15, 0.2) is 78.9 Å². The topological polar surface area (TPSA) is 28.6 Å². The van der Waals surface area contributed by atoms with Gasteiger partial charge < -0.3 is 9.64 Å². The fraction of sp³-hybridized carbons (Fsp3) is 0.395. The Balaban J connectivity index is 1.46. The Morgan fingerprint density at radius 3 is 2.21 bits per heavy atom. The maximum atomic E-state index is 13.3. The molecule has 0 saturated carbocycles. The average Bonchev–Trinajstić information content (AvgIpc) is 2.99. The normalized spacial score (nSPS) is 14.7. The van der Waals surface area contributed by atoms with Gasteiger partial charge in [0.2, 0.25) is 0 Å². The molecular weight excluding hydrogens is 533 g/mol. The van der Waals surface area contributed by atoms with Crippen LogP contribution in [0.5, 0.6) is 5.75 Å². The van der Waals surface area contributed by atoms with Crippen molar-refractivity contribution >= 4 is 5.69 Å². The molecule has 1 fully saturated rings. The molecule has 0 unspecified atom stereocenters. The molecule has 0 N–H and O–H groups in total. The average molecular weight is 580 g/mol. The number of ether oxygens (including phenoxy) is 1. The van der Waals surface area contributed by atoms with E-state index in [4.69, 9.17) is 9.72 Å². The third-order valence-corrected chi connectivity index (χ3v) is 8.77. The Hall–Kier alpha value is -3.70. The molecule has 5 heteroatoms. The summed E-state index contributed by atoms with van der Waals surface area (Å²) in [6, 6.07) is 25.8. The van der Waals surface area contributed by atoms with E-state index in [1.807, 2.05) is 12.1 Å². The standard InChI is InChI=1S/C38H46FN3O/c1-6-34-28(2)40-35(27-41(5)26-30-10-8-7-9-11-30)36(37(34)42-23-21-38(3,4)22-24-42)31-14-18-33(19-15-31)43-25-20-29-12-16-32(39)17-13-29/h7-19H,6,20-27H2,1-5H3. The number of nitrogens with zero attached hydrogens (tertiary/aromatic N) is 3. The zero-order valence-corrected chi connectivity index (χ0v) is 26.5. The Labute approximate surface area is 257 Å². The summed E-state index contributed by atoms with van der Waals surface area (Å²) in [5, 5.41) is 0. The highest BCUT2D eigenvalue weighted by Crippen LogP contribution is 2.42. The zero-order valence-electron chi connectivity index (χ0n) is 26.5. The SMILES string of the molecule is CCc1c(C)nc(CN(C)Cc2ccccc2)c(-c2ccc(OCCc3ccc(F)cc3)cc2)c1N1CCC(C)(C)CC1. The van der Waals surface area contributed by atoms with Crippen molar-refractivity contribution in [1.29, 1.82) is 0 Å². The van der Waals surface area contributed by atoms with Crippen LogP contribution >= 0.6 is 0 Å². The lowest BCUT2D eigenvalue weighted by Crippen LogP contribution is -2.38. The van der Waals surface area contributed by atoms with Crippen molar-refractivity contribution in [1.82, 2.24) is 9.88 Å². The van der Waals surface area contributed by atoms with Crippen molar-refractivity contribution in [2.24, 2.45) is 5.41 Å². The van der Waals surface area contributed by atoms with Crippen LogP contribution in [0.1, 0.15) is 61.7 Å². The van der Waals surface area contributed by atoms with E-state index in [0.717, 1.165) is 61.7 Å². The summed E-state index contributed by atoms with van der Waals surface area (Å²) in [4.78, 5) is 10.3. The van der Waals surface area contributed by atoms with Gasteiger partial charge in [0.05, 0.1) is 18.0 Å². The van der Waals surface area contributed by atoms with E-state index in [-0.39, 0.29) is 5.82 Å². The Bertz CT molecular complexity index is 1470. The van der Waals surface area contributed by atoms with Crippen LogP contribution in [-0.4, -0.2) is 36.6 Å². The molecule has 226 valence electrons. The lowest BCUT2D eigenvalue weighted by molar-refractivity contribution is 0.279. The molecule has 0 bridgehead atoms. The largest absolute Gasteiger partial charge is 0.493 e. The first-order valence-corrected chi connectivity index (χ1v) is 15.7. The van der Waals surface area contributed by atoms with Gasteiger partial charge in [-0.05, 0) is 85.2 Å². The van der Waals surface area contributed by atoms with Gasteiger partial charge in [-0.25, -0.2) is 4.39 Å². The van der Waals surface area contributed by atoms with Gasteiger partial charge in [-0.15, -0.1) is 0 Å². The second kappa shape index (κ2) is 13.7. The number of aromatic nitrogens is 1. The number of piperidine rings is 1. The van der Waals surface area contributed by atoms with Crippen LogP contribution < -0.4 is 9.64 Å². The quantitative estimate of drug-likeness (QED) is 0.178. The van der Waals surface area contributed by atoms with Gasteiger partial charge in [0.25, 0.3) is 0 Å². The van der Waals surface area contributed by atoms with Crippen LogP contribution in [0.25, 0.3) is 11.1 Å².